The summed E-state index contributed by atoms with van der Waals surface area (Å²) in [5.41, 5.74) is 0.604. The van der Waals surface area contributed by atoms with Crippen LogP contribution in [0.5, 0.6) is 0 Å². The first-order valence-electron chi connectivity index (χ1n) is 6.83. The Morgan fingerprint density at radius 1 is 1.29 bits per heavy atom. The molecule has 0 aromatic heterocycles. The minimum atomic E-state index is -0.0204. The molecule has 0 saturated carbocycles. The number of carbonyl (C=O) groups excluding carboxylic acids is 2. The van der Waals surface area contributed by atoms with Gasteiger partial charge in [-0.2, -0.15) is 0 Å². The van der Waals surface area contributed by atoms with Gasteiger partial charge in [-0.05, 0) is 37.2 Å². The lowest BCUT2D eigenvalue weighted by molar-refractivity contribution is -0.131. The van der Waals surface area contributed by atoms with Gasteiger partial charge in [0.2, 0.25) is 5.91 Å². The summed E-state index contributed by atoms with van der Waals surface area (Å²) in [5.74, 6) is 0.00831. The molecule has 1 N–H and O–H groups in total. The molecule has 0 spiro atoms. The van der Waals surface area contributed by atoms with Crippen molar-refractivity contribution in [3.05, 3.63) is 34.9 Å². The van der Waals surface area contributed by atoms with Crippen LogP contribution in [0.15, 0.2) is 24.3 Å². The van der Waals surface area contributed by atoms with Gasteiger partial charge in [0.15, 0.2) is 5.78 Å². The van der Waals surface area contributed by atoms with E-state index in [9.17, 15) is 9.59 Å². The van der Waals surface area contributed by atoms with E-state index in [4.69, 9.17) is 11.6 Å². The van der Waals surface area contributed by atoms with E-state index < -0.39 is 0 Å². The molecule has 1 aromatic rings. The van der Waals surface area contributed by atoms with Gasteiger partial charge in [-0.3, -0.25) is 9.59 Å². The Bertz CT molecular complexity index is 485. The van der Waals surface area contributed by atoms with Gasteiger partial charge >= 0.3 is 0 Å². The summed E-state index contributed by atoms with van der Waals surface area (Å²) in [6, 6.07) is 7.02. The van der Waals surface area contributed by atoms with Crippen LogP contribution in [-0.2, 0) is 4.79 Å². The summed E-state index contributed by atoms with van der Waals surface area (Å²) in [6.45, 7) is 1.79. The third kappa shape index (κ3) is 4.99. The number of ketones is 1. The highest BCUT2D eigenvalue weighted by atomic mass is 35.5. The van der Waals surface area contributed by atoms with Crippen molar-refractivity contribution in [2.75, 3.05) is 20.1 Å². The summed E-state index contributed by atoms with van der Waals surface area (Å²) in [7, 11) is 1.81. The Kier molecular flexibility index (Phi) is 7.15. The van der Waals surface area contributed by atoms with Crippen LogP contribution in [0, 0.1) is 0 Å². The number of amides is 1. The third-order valence-electron chi connectivity index (χ3n) is 3.71. The van der Waals surface area contributed by atoms with Crippen LogP contribution >= 0.6 is 24.0 Å². The predicted molar refractivity (Wildman–Crippen MR) is 86.3 cm³/mol. The zero-order valence-electron chi connectivity index (χ0n) is 12.0. The lowest BCUT2D eigenvalue weighted by Crippen LogP contribution is -2.38. The monoisotopic (exact) mass is 330 g/mol. The number of benzene rings is 1. The molecule has 1 aliphatic rings. The maximum absolute atomic E-state index is 12.0. The molecule has 1 aliphatic heterocycles. The number of likely N-dealkylation sites (N-methyl/N-ethyl adjacent to an activating group) is 1. The van der Waals surface area contributed by atoms with E-state index in [-0.39, 0.29) is 43.0 Å². The summed E-state index contributed by atoms with van der Waals surface area (Å²) < 4.78 is 0. The van der Waals surface area contributed by atoms with Crippen molar-refractivity contribution in [2.45, 2.75) is 25.3 Å². The van der Waals surface area contributed by atoms with Gasteiger partial charge in [0.05, 0.1) is 0 Å². The maximum atomic E-state index is 12.0. The maximum Gasteiger partial charge on any atom is 0.223 e. The molecule has 6 heteroatoms. The van der Waals surface area contributed by atoms with Crippen molar-refractivity contribution in [1.82, 2.24) is 10.2 Å². The Balaban J connectivity index is 0.00000220. The number of nitrogens with zero attached hydrogens (tertiary/aromatic N) is 1. The predicted octanol–water partition coefficient (Wildman–Crippen LogP) is 2.55. The number of Topliss-reactive ketones (excluding diaryl/α,β-unsaturated/α-hetero) is 1. The van der Waals surface area contributed by atoms with Crippen molar-refractivity contribution in [3.8, 4) is 0 Å². The Morgan fingerprint density at radius 2 is 1.95 bits per heavy atom. The van der Waals surface area contributed by atoms with Gasteiger partial charge < -0.3 is 10.2 Å². The molecule has 1 aromatic carbocycles. The third-order valence-corrected chi connectivity index (χ3v) is 3.96. The lowest BCUT2D eigenvalue weighted by Gasteiger charge is -2.23. The summed E-state index contributed by atoms with van der Waals surface area (Å²) in [5, 5.41) is 3.83. The highest BCUT2D eigenvalue weighted by Gasteiger charge is 2.23. The van der Waals surface area contributed by atoms with E-state index in [1.54, 1.807) is 29.2 Å². The summed E-state index contributed by atoms with van der Waals surface area (Å²) in [6.07, 6.45) is 1.48. The number of rotatable bonds is 5. The van der Waals surface area contributed by atoms with E-state index in [0.29, 0.717) is 10.6 Å². The van der Waals surface area contributed by atoms with Crippen LogP contribution < -0.4 is 5.32 Å². The summed E-state index contributed by atoms with van der Waals surface area (Å²) in [4.78, 5) is 25.8. The minimum Gasteiger partial charge on any atom is -0.341 e. The molecule has 0 radical (unpaired) electrons. The average molecular weight is 331 g/mol. The fourth-order valence-electron chi connectivity index (χ4n) is 2.35. The van der Waals surface area contributed by atoms with Gasteiger partial charge in [-0.1, -0.05) is 11.6 Å². The molecular weight excluding hydrogens is 311 g/mol. The minimum absolute atomic E-state index is 0. The zero-order valence-corrected chi connectivity index (χ0v) is 13.5. The standard InChI is InChI=1S/C15H19ClN2O2.ClH/c1-18(13-8-9-17-10-13)15(20)7-6-14(19)11-2-4-12(16)5-3-11;/h2-5,13,17H,6-10H2,1H3;1H. The molecule has 2 rings (SSSR count). The first-order chi connectivity index (χ1) is 9.58. The largest absolute Gasteiger partial charge is 0.341 e. The fourth-order valence-corrected chi connectivity index (χ4v) is 2.48. The smallest absolute Gasteiger partial charge is 0.223 e. The average Bonchev–Trinajstić information content (AvgIpc) is 2.98. The quantitative estimate of drug-likeness (QED) is 0.844. The number of hydrogen-bond acceptors (Lipinski definition) is 3. The van der Waals surface area contributed by atoms with Gasteiger partial charge in [0.1, 0.15) is 0 Å². The molecule has 116 valence electrons. The molecule has 1 unspecified atom stereocenters. The normalized spacial score (nSPS) is 17.1. The second-order valence-electron chi connectivity index (χ2n) is 5.08. The van der Waals surface area contributed by atoms with Crippen molar-refractivity contribution < 1.29 is 9.59 Å². The van der Waals surface area contributed by atoms with Crippen LogP contribution in [0.2, 0.25) is 5.02 Å². The molecule has 0 bridgehead atoms. The van der Waals surface area contributed by atoms with Crippen LogP contribution in [0.25, 0.3) is 0 Å². The molecule has 1 fully saturated rings. The first kappa shape index (κ1) is 18.0. The molecule has 1 heterocycles. The topological polar surface area (TPSA) is 49.4 Å². The molecule has 1 atom stereocenters. The van der Waals surface area contributed by atoms with Crippen molar-refractivity contribution >= 4 is 35.7 Å². The Morgan fingerprint density at radius 3 is 2.52 bits per heavy atom. The van der Waals surface area contributed by atoms with Crippen molar-refractivity contribution in [1.29, 1.82) is 0 Å². The second-order valence-corrected chi connectivity index (χ2v) is 5.52. The van der Waals surface area contributed by atoms with Gasteiger partial charge in [-0.25, -0.2) is 0 Å². The lowest BCUT2D eigenvalue weighted by atomic mass is 10.1. The van der Waals surface area contributed by atoms with Gasteiger partial charge in [0.25, 0.3) is 0 Å². The van der Waals surface area contributed by atoms with E-state index in [2.05, 4.69) is 5.32 Å². The fraction of sp³-hybridized carbons (Fsp3) is 0.467. The van der Waals surface area contributed by atoms with Crippen molar-refractivity contribution in [3.63, 3.8) is 0 Å². The Labute approximate surface area is 136 Å². The summed E-state index contributed by atoms with van der Waals surface area (Å²) >= 11 is 5.78. The highest BCUT2D eigenvalue weighted by molar-refractivity contribution is 6.30. The Hall–Kier alpha value is -1.10. The molecule has 1 saturated heterocycles. The number of nitrogens with one attached hydrogen (secondary N) is 1. The van der Waals surface area contributed by atoms with E-state index in [1.165, 1.54) is 0 Å². The zero-order chi connectivity index (χ0) is 14.5. The van der Waals surface area contributed by atoms with Gasteiger partial charge in [0, 0.05) is 43.1 Å². The highest BCUT2D eigenvalue weighted by Crippen LogP contribution is 2.13. The van der Waals surface area contributed by atoms with E-state index in [1.807, 2.05) is 7.05 Å². The molecule has 21 heavy (non-hydrogen) atoms. The van der Waals surface area contributed by atoms with Crippen LogP contribution in [0.3, 0.4) is 0 Å². The van der Waals surface area contributed by atoms with E-state index in [0.717, 1.165) is 19.5 Å². The van der Waals surface area contributed by atoms with Crippen LogP contribution in [0.4, 0.5) is 0 Å². The second kappa shape index (κ2) is 8.37. The number of carbonyl (C=O) groups is 2. The van der Waals surface area contributed by atoms with Crippen LogP contribution in [-0.4, -0.2) is 42.8 Å². The molecular formula is C15H20Cl2N2O2. The molecule has 4 nitrogen and oxygen atoms in total. The van der Waals surface area contributed by atoms with E-state index >= 15 is 0 Å². The van der Waals surface area contributed by atoms with Gasteiger partial charge in [-0.15, -0.1) is 12.4 Å². The number of hydrogen-bond donors (Lipinski definition) is 1. The van der Waals surface area contributed by atoms with Crippen LogP contribution in [0.1, 0.15) is 29.6 Å². The number of halogens is 2. The first-order valence-corrected chi connectivity index (χ1v) is 7.21. The molecule has 1 amide bonds. The SMILES string of the molecule is CN(C(=O)CCC(=O)c1ccc(Cl)cc1)C1CCNC1.Cl. The van der Waals surface area contributed by atoms with Crippen molar-refractivity contribution in [2.24, 2.45) is 0 Å². The molecule has 0 aliphatic carbocycles.